The minimum Gasteiger partial charge on any atom is -0.355 e. The van der Waals surface area contributed by atoms with Crippen LogP contribution in [-0.2, 0) is 16.1 Å². The number of hydrogen-bond donors (Lipinski definition) is 2. The Morgan fingerprint density at radius 1 is 1.12 bits per heavy atom. The highest BCUT2D eigenvalue weighted by molar-refractivity contribution is 7.99. The Morgan fingerprint density at radius 2 is 1.88 bits per heavy atom. The summed E-state index contributed by atoms with van der Waals surface area (Å²) in [5.74, 6) is 0.891. The normalized spacial score (nSPS) is 12.4. The lowest BCUT2D eigenvalue weighted by Gasteiger charge is -2.13. The van der Waals surface area contributed by atoms with E-state index in [1.165, 1.54) is 16.3 Å². The number of fused-ring (bicyclic) bond motifs is 3. The van der Waals surface area contributed by atoms with Crippen LogP contribution in [0.2, 0.25) is 0 Å². The van der Waals surface area contributed by atoms with E-state index in [0.717, 1.165) is 12.8 Å². The summed E-state index contributed by atoms with van der Waals surface area (Å²) in [5, 5.41) is 15.4. The lowest BCUT2D eigenvalue weighted by atomic mass is 10.1. The molecule has 0 aliphatic heterocycles. The molecule has 0 aliphatic carbocycles. The fraction of sp³-hybridized carbons (Fsp3) is 0.522. The number of aryl methyl sites for hydroxylation is 1. The number of aromatic nitrogens is 4. The molecule has 10 heteroatoms. The van der Waals surface area contributed by atoms with Crippen LogP contribution in [0.15, 0.2) is 34.2 Å². The molecule has 0 bridgehead atoms. The van der Waals surface area contributed by atoms with Crippen LogP contribution in [0.25, 0.3) is 16.7 Å². The van der Waals surface area contributed by atoms with E-state index in [9.17, 15) is 14.4 Å². The summed E-state index contributed by atoms with van der Waals surface area (Å²) in [6.45, 7) is 9.00. The minimum atomic E-state index is -0.218. The fourth-order valence-corrected chi connectivity index (χ4v) is 4.14. The van der Waals surface area contributed by atoms with Crippen molar-refractivity contribution in [1.82, 2.24) is 29.8 Å². The summed E-state index contributed by atoms with van der Waals surface area (Å²) >= 11 is 1.27. The van der Waals surface area contributed by atoms with Gasteiger partial charge in [0.25, 0.3) is 5.56 Å². The minimum absolute atomic E-state index is 0.0725. The van der Waals surface area contributed by atoms with Gasteiger partial charge >= 0.3 is 0 Å². The summed E-state index contributed by atoms with van der Waals surface area (Å²) in [7, 11) is 0. The fourth-order valence-electron chi connectivity index (χ4n) is 3.37. The van der Waals surface area contributed by atoms with Gasteiger partial charge in [-0.15, -0.1) is 10.2 Å². The Hall–Kier alpha value is -2.88. The molecule has 0 saturated carbocycles. The van der Waals surface area contributed by atoms with Gasteiger partial charge < -0.3 is 10.6 Å². The molecular weight excluding hydrogens is 440 g/mol. The molecular formula is C23H32N6O3S. The van der Waals surface area contributed by atoms with Crippen LogP contribution in [-0.4, -0.2) is 49.3 Å². The lowest BCUT2D eigenvalue weighted by molar-refractivity contribution is -0.122. The van der Waals surface area contributed by atoms with E-state index in [4.69, 9.17) is 0 Å². The number of rotatable bonds is 11. The van der Waals surface area contributed by atoms with Crippen molar-refractivity contribution in [3.8, 4) is 0 Å². The van der Waals surface area contributed by atoms with E-state index < -0.39 is 0 Å². The van der Waals surface area contributed by atoms with Crippen molar-refractivity contribution in [2.75, 3.05) is 12.3 Å². The third kappa shape index (κ3) is 6.13. The van der Waals surface area contributed by atoms with Crippen molar-refractivity contribution in [1.29, 1.82) is 0 Å². The zero-order chi connectivity index (χ0) is 24.0. The van der Waals surface area contributed by atoms with Crippen molar-refractivity contribution in [2.24, 2.45) is 5.92 Å². The van der Waals surface area contributed by atoms with Crippen molar-refractivity contribution in [3.05, 3.63) is 34.6 Å². The molecule has 0 spiro atoms. The van der Waals surface area contributed by atoms with Crippen LogP contribution >= 0.6 is 11.8 Å². The van der Waals surface area contributed by atoms with Gasteiger partial charge in [0.05, 0.1) is 16.7 Å². The SMILES string of the molecule is CC[C@@H](C)NC(=O)CCn1c(=O)c2ccccc2n2c(SCC(=O)NCCC(C)C)nnc12. The molecule has 3 aromatic rings. The van der Waals surface area contributed by atoms with E-state index >= 15 is 0 Å². The van der Waals surface area contributed by atoms with E-state index in [0.29, 0.717) is 34.3 Å². The number of para-hydroxylation sites is 1. The first-order chi connectivity index (χ1) is 15.8. The third-order valence-electron chi connectivity index (χ3n) is 5.44. The summed E-state index contributed by atoms with van der Waals surface area (Å²) in [6, 6.07) is 7.31. The first-order valence-electron chi connectivity index (χ1n) is 11.4. The molecule has 1 atom stereocenters. The van der Waals surface area contributed by atoms with Crippen LogP contribution in [0.1, 0.15) is 47.0 Å². The molecule has 2 heterocycles. The highest BCUT2D eigenvalue weighted by Gasteiger charge is 2.18. The maximum atomic E-state index is 13.2. The maximum absolute atomic E-state index is 13.2. The molecule has 0 saturated heterocycles. The van der Waals surface area contributed by atoms with Gasteiger partial charge in [-0.3, -0.25) is 23.4 Å². The Morgan fingerprint density at radius 3 is 2.61 bits per heavy atom. The Balaban J connectivity index is 1.86. The Labute approximate surface area is 197 Å². The number of carbonyl (C=O) groups excluding carboxylic acids is 2. The lowest BCUT2D eigenvalue weighted by Crippen LogP contribution is -2.33. The molecule has 178 valence electrons. The number of amides is 2. The summed E-state index contributed by atoms with van der Waals surface area (Å²) in [4.78, 5) is 37.7. The zero-order valence-electron chi connectivity index (χ0n) is 19.6. The van der Waals surface area contributed by atoms with Crippen LogP contribution in [0.3, 0.4) is 0 Å². The van der Waals surface area contributed by atoms with Crippen molar-refractivity contribution >= 4 is 40.3 Å². The monoisotopic (exact) mass is 472 g/mol. The molecule has 33 heavy (non-hydrogen) atoms. The summed E-state index contributed by atoms with van der Waals surface area (Å²) in [5.41, 5.74) is 0.454. The number of benzene rings is 1. The number of thioether (sulfide) groups is 1. The second-order valence-corrected chi connectivity index (χ2v) is 9.48. The van der Waals surface area contributed by atoms with Crippen LogP contribution < -0.4 is 16.2 Å². The second-order valence-electron chi connectivity index (χ2n) is 8.54. The highest BCUT2D eigenvalue weighted by atomic mass is 32.2. The zero-order valence-corrected chi connectivity index (χ0v) is 20.4. The standard InChI is InChI=1S/C23H32N6O3S/c1-5-16(4)25-19(30)11-13-28-21(32)17-8-6-7-9-18(17)29-22(28)26-27-23(29)33-14-20(31)24-12-10-15(2)3/h6-9,15-16H,5,10-14H2,1-4H3,(H,24,31)(H,25,30)/t16-/m1/s1. The van der Waals surface area contributed by atoms with Crippen molar-refractivity contribution < 1.29 is 9.59 Å². The summed E-state index contributed by atoms with van der Waals surface area (Å²) in [6.07, 6.45) is 1.92. The van der Waals surface area contributed by atoms with Crippen LogP contribution in [0.4, 0.5) is 0 Å². The molecule has 2 aromatic heterocycles. The number of hydrogen-bond acceptors (Lipinski definition) is 6. The smallest absolute Gasteiger partial charge is 0.262 e. The van der Waals surface area contributed by atoms with Gasteiger partial charge in [0.1, 0.15) is 0 Å². The molecule has 0 aliphatic rings. The molecule has 0 radical (unpaired) electrons. The molecule has 9 nitrogen and oxygen atoms in total. The third-order valence-corrected chi connectivity index (χ3v) is 6.37. The predicted octanol–water partition coefficient (Wildman–Crippen LogP) is 2.60. The van der Waals surface area contributed by atoms with Gasteiger partial charge in [0.2, 0.25) is 17.6 Å². The predicted molar refractivity (Wildman–Crippen MR) is 130 cm³/mol. The van der Waals surface area contributed by atoms with E-state index in [1.807, 2.05) is 26.0 Å². The molecule has 1 aromatic carbocycles. The average Bonchev–Trinajstić information content (AvgIpc) is 3.21. The highest BCUT2D eigenvalue weighted by Crippen LogP contribution is 2.21. The van der Waals surface area contributed by atoms with Gasteiger partial charge in [0.15, 0.2) is 5.16 Å². The number of carbonyl (C=O) groups is 2. The van der Waals surface area contributed by atoms with E-state index in [1.54, 1.807) is 16.5 Å². The topological polar surface area (TPSA) is 110 Å². The maximum Gasteiger partial charge on any atom is 0.262 e. The Kier molecular flexibility index (Phi) is 8.49. The van der Waals surface area contributed by atoms with Crippen LogP contribution in [0, 0.1) is 5.92 Å². The van der Waals surface area contributed by atoms with Crippen molar-refractivity contribution in [2.45, 2.75) is 64.7 Å². The van der Waals surface area contributed by atoms with Gasteiger partial charge in [0, 0.05) is 25.6 Å². The van der Waals surface area contributed by atoms with E-state index in [-0.39, 0.29) is 42.1 Å². The molecule has 0 unspecified atom stereocenters. The Bertz CT molecular complexity index is 1190. The number of nitrogens with one attached hydrogen (secondary N) is 2. The first kappa shape index (κ1) is 24.8. The van der Waals surface area contributed by atoms with Gasteiger partial charge in [-0.25, -0.2) is 0 Å². The molecule has 2 amide bonds. The molecule has 0 fully saturated rings. The second kappa shape index (κ2) is 11.3. The quantitative estimate of drug-likeness (QED) is 0.415. The van der Waals surface area contributed by atoms with Crippen molar-refractivity contribution in [3.63, 3.8) is 0 Å². The van der Waals surface area contributed by atoms with Gasteiger partial charge in [-0.2, -0.15) is 0 Å². The molecule has 2 N–H and O–H groups in total. The number of nitrogens with zero attached hydrogens (tertiary/aromatic N) is 4. The summed E-state index contributed by atoms with van der Waals surface area (Å²) < 4.78 is 3.27. The van der Waals surface area contributed by atoms with Gasteiger partial charge in [-0.1, -0.05) is 44.7 Å². The van der Waals surface area contributed by atoms with E-state index in [2.05, 4.69) is 34.7 Å². The molecule has 3 rings (SSSR count). The van der Waals surface area contributed by atoms with Crippen LogP contribution in [0.5, 0.6) is 0 Å². The first-order valence-corrected chi connectivity index (χ1v) is 12.4. The largest absolute Gasteiger partial charge is 0.355 e. The average molecular weight is 473 g/mol. The van der Waals surface area contributed by atoms with Gasteiger partial charge in [-0.05, 0) is 37.8 Å².